The average molecular weight is 533 g/mol. The lowest BCUT2D eigenvalue weighted by Gasteiger charge is -2.26. The van der Waals surface area contributed by atoms with Crippen molar-refractivity contribution in [1.82, 2.24) is 0 Å². The Hall–Kier alpha value is -4.63. The van der Waals surface area contributed by atoms with Crippen LogP contribution >= 0.6 is 0 Å². The molecule has 3 aromatic rings. The molecule has 0 spiro atoms. The predicted octanol–water partition coefficient (Wildman–Crippen LogP) is 4.40. The molecule has 3 aromatic carbocycles. The summed E-state index contributed by atoms with van der Waals surface area (Å²) in [5, 5.41) is 12.0. The van der Waals surface area contributed by atoms with Crippen LogP contribution in [0.4, 0.5) is 0 Å². The van der Waals surface area contributed by atoms with Crippen molar-refractivity contribution in [2.75, 3.05) is 34.7 Å². The third-order valence-corrected chi connectivity index (χ3v) is 6.54. The maximum Gasteiger partial charge on any atom is 0.342 e. The highest BCUT2D eigenvalue weighted by molar-refractivity contribution is 6.20. The van der Waals surface area contributed by atoms with Crippen LogP contribution in [0.3, 0.4) is 0 Å². The molecule has 0 fully saturated rings. The van der Waals surface area contributed by atoms with Gasteiger partial charge >= 0.3 is 5.97 Å². The summed E-state index contributed by atoms with van der Waals surface area (Å²) < 4.78 is 38.8. The predicted molar refractivity (Wildman–Crippen MR) is 141 cm³/mol. The van der Waals surface area contributed by atoms with Gasteiger partial charge in [-0.15, -0.1) is 0 Å². The first-order valence-electron chi connectivity index (χ1n) is 12.1. The van der Waals surface area contributed by atoms with Crippen molar-refractivity contribution in [3.05, 3.63) is 89.5 Å². The van der Waals surface area contributed by atoms with Gasteiger partial charge in [-0.2, -0.15) is 0 Å². The molecule has 0 bridgehead atoms. The fourth-order valence-corrected chi connectivity index (χ4v) is 4.69. The fourth-order valence-electron chi connectivity index (χ4n) is 4.69. The van der Waals surface area contributed by atoms with Gasteiger partial charge in [0.1, 0.15) is 12.4 Å². The second kappa shape index (κ2) is 10.6. The first-order chi connectivity index (χ1) is 18.9. The standard InChI is InChI=1S/C30H28O9/c1-5-12-36-26-15-18(14-25(34-3)28(26)35-4)13-22-27(19-6-11-23-24(16-19)38-17-37-23)29(31)39-30(22,32)20-7-9-21(33-2)10-8-20/h5-11,14-16,32H,1,12-13,17H2,2-4H3. The summed E-state index contributed by atoms with van der Waals surface area (Å²) in [6.07, 6.45) is 1.73. The zero-order valence-electron chi connectivity index (χ0n) is 21.8. The summed E-state index contributed by atoms with van der Waals surface area (Å²) in [6.45, 7) is 4.03. The normalized spacial score (nSPS) is 17.6. The molecule has 0 aromatic heterocycles. The average Bonchev–Trinajstić information content (AvgIpc) is 3.52. The number of cyclic esters (lactones) is 1. The van der Waals surface area contributed by atoms with Gasteiger partial charge in [0.05, 0.1) is 26.9 Å². The van der Waals surface area contributed by atoms with E-state index >= 15 is 0 Å². The number of carbonyl (C=O) groups is 1. The minimum Gasteiger partial charge on any atom is -0.497 e. The molecule has 2 heterocycles. The summed E-state index contributed by atoms with van der Waals surface area (Å²) >= 11 is 0. The maximum absolute atomic E-state index is 13.4. The van der Waals surface area contributed by atoms with Crippen LogP contribution in [0.1, 0.15) is 16.7 Å². The Labute approximate surface area is 225 Å². The molecule has 0 saturated carbocycles. The van der Waals surface area contributed by atoms with Crippen LogP contribution in [-0.2, 0) is 21.7 Å². The molecule has 1 N–H and O–H groups in total. The van der Waals surface area contributed by atoms with Crippen molar-refractivity contribution < 1.29 is 43.1 Å². The summed E-state index contributed by atoms with van der Waals surface area (Å²) in [6, 6.07) is 15.4. The van der Waals surface area contributed by atoms with Crippen molar-refractivity contribution in [3.8, 4) is 34.5 Å². The van der Waals surface area contributed by atoms with Crippen LogP contribution in [0, 0.1) is 0 Å². The number of methoxy groups -OCH3 is 3. The molecule has 2 aliphatic rings. The highest BCUT2D eigenvalue weighted by atomic mass is 16.7. The number of ether oxygens (including phenoxy) is 7. The molecule has 0 saturated heterocycles. The molecule has 39 heavy (non-hydrogen) atoms. The number of hydrogen-bond donors (Lipinski definition) is 1. The van der Waals surface area contributed by atoms with Crippen molar-refractivity contribution >= 4 is 11.5 Å². The number of hydrogen-bond acceptors (Lipinski definition) is 9. The third kappa shape index (κ3) is 4.72. The number of rotatable bonds is 10. The first-order valence-corrected chi connectivity index (χ1v) is 12.1. The topological polar surface area (TPSA) is 102 Å². The van der Waals surface area contributed by atoms with Gasteiger partial charge in [0.25, 0.3) is 5.79 Å². The monoisotopic (exact) mass is 532 g/mol. The fraction of sp³-hybridized carbons (Fsp3) is 0.233. The molecule has 202 valence electrons. The molecule has 0 aliphatic carbocycles. The molecule has 9 nitrogen and oxygen atoms in total. The second-order valence-corrected chi connectivity index (χ2v) is 8.79. The van der Waals surface area contributed by atoms with Crippen LogP contribution in [0.2, 0.25) is 0 Å². The highest BCUT2D eigenvalue weighted by Crippen LogP contribution is 2.48. The molecule has 5 rings (SSSR count). The van der Waals surface area contributed by atoms with Gasteiger partial charge in [0, 0.05) is 17.6 Å². The zero-order valence-corrected chi connectivity index (χ0v) is 21.8. The number of benzene rings is 3. The Balaban J connectivity index is 1.67. The summed E-state index contributed by atoms with van der Waals surface area (Å²) in [4.78, 5) is 13.4. The van der Waals surface area contributed by atoms with Crippen LogP contribution in [0.15, 0.2) is 72.8 Å². The number of aliphatic hydroxyl groups is 1. The molecular formula is C30H28O9. The molecule has 0 radical (unpaired) electrons. The van der Waals surface area contributed by atoms with Gasteiger partial charge in [-0.05, 0) is 59.7 Å². The van der Waals surface area contributed by atoms with E-state index in [-0.39, 0.29) is 25.4 Å². The zero-order chi connectivity index (χ0) is 27.6. The molecule has 2 aliphatic heterocycles. The summed E-state index contributed by atoms with van der Waals surface area (Å²) in [7, 11) is 4.59. The van der Waals surface area contributed by atoms with Crippen LogP contribution < -0.4 is 28.4 Å². The first kappa shape index (κ1) is 26.0. The van der Waals surface area contributed by atoms with Crippen molar-refractivity contribution in [1.29, 1.82) is 0 Å². The third-order valence-electron chi connectivity index (χ3n) is 6.54. The van der Waals surface area contributed by atoms with Crippen molar-refractivity contribution in [2.45, 2.75) is 12.2 Å². The summed E-state index contributed by atoms with van der Waals surface area (Å²) in [5.74, 6) is 0.206. The largest absolute Gasteiger partial charge is 0.497 e. The van der Waals surface area contributed by atoms with E-state index in [1.807, 2.05) is 0 Å². The molecule has 1 unspecified atom stereocenters. The second-order valence-electron chi connectivity index (χ2n) is 8.79. The van der Waals surface area contributed by atoms with Crippen LogP contribution in [-0.4, -0.2) is 45.8 Å². The van der Waals surface area contributed by atoms with E-state index in [2.05, 4.69) is 6.58 Å². The van der Waals surface area contributed by atoms with Gasteiger partial charge < -0.3 is 38.3 Å². The van der Waals surface area contributed by atoms with Crippen LogP contribution in [0.5, 0.6) is 34.5 Å². The Kier molecular flexibility index (Phi) is 7.08. The van der Waals surface area contributed by atoms with E-state index in [0.29, 0.717) is 56.8 Å². The number of fused-ring (bicyclic) bond motifs is 1. The van der Waals surface area contributed by atoms with E-state index in [9.17, 15) is 9.90 Å². The van der Waals surface area contributed by atoms with Gasteiger partial charge in [0.2, 0.25) is 12.5 Å². The number of carbonyl (C=O) groups excluding carboxylic acids is 1. The van der Waals surface area contributed by atoms with Crippen molar-refractivity contribution in [3.63, 3.8) is 0 Å². The Morgan fingerprint density at radius 3 is 2.38 bits per heavy atom. The van der Waals surface area contributed by atoms with Gasteiger partial charge in [-0.1, -0.05) is 18.7 Å². The van der Waals surface area contributed by atoms with E-state index in [1.165, 1.54) is 14.2 Å². The quantitative estimate of drug-likeness (QED) is 0.301. The van der Waals surface area contributed by atoms with E-state index in [4.69, 9.17) is 33.2 Å². The SMILES string of the molecule is C=CCOc1cc(CC2=C(c3ccc4c(c3)OCO4)C(=O)OC2(O)c2ccc(OC)cc2)cc(OC)c1OC. The Morgan fingerprint density at radius 2 is 1.69 bits per heavy atom. The minimum atomic E-state index is -2.05. The van der Waals surface area contributed by atoms with Gasteiger partial charge in [-0.25, -0.2) is 4.79 Å². The minimum absolute atomic E-state index is 0.0874. The van der Waals surface area contributed by atoms with E-state index in [1.54, 1.807) is 67.8 Å². The van der Waals surface area contributed by atoms with Crippen molar-refractivity contribution in [2.24, 2.45) is 0 Å². The molecule has 9 heteroatoms. The Morgan fingerprint density at radius 1 is 0.949 bits per heavy atom. The smallest absolute Gasteiger partial charge is 0.342 e. The maximum atomic E-state index is 13.4. The van der Waals surface area contributed by atoms with Gasteiger partial charge in [-0.3, -0.25) is 0 Å². The lowest BCUT2D eigenvalue weighted by Crippen LogP contribution is -2.29. The molecule has 0 amide bonds. The molecular weight excluding hydrogens is 504 g/mol. The lowest BCUT2D eigenvalue weighted by atomic mass is 9.88. The van der Waals surface area contributed by atoms with E-state index < -0.39 is 11.8 Å². The molecule has 1 atom stereocenters. The highest BCUT2D eigenvalue weighted by Gasteiger charge is 2.48. The van der Waals surface area contributed by atoms with E-state index in [0.717, 1.165) is 0 Å². The summed E-state index contributed by atoms with van der Waals surface area (Å²) in [5.41, 5.74) is 2.12. The van der Waals surface area contributed by atoms with Gasteiger partial charge in [0.15, 0.2) is 23.0 Å². The lowest BCUT2D eigenvalue weighted by molar-refractivity contribution is -0.185. The Bertz CT molecular complexity index is 1440. The number of esters is 1. The van der Waals surface area contributed by atoms with Crippen LogP contribution in [0.25, 0.3) is 5.57 Å².